The molecule has 0 aliphatic carbocycles. The maximum Gasteiger partial charge on any atom is 0.119 e. The first-order valence-corrected chi connectivity index (χ1v) is 6.75. The van der Waals surface area contributed by atoms with Gasteiger partial charge >= 0.3 is 0 Å². The Labute approximate surface area is 112 Å². The van der Waals surface area contributed by atoms with Crippen LogP contribution in [0, 0.1) is 25.2 Å². The zero-order valence-electron chi connectivity index (χ0n) is 12.0. The summed E-state index contributed by atoms with van der Waals surface area (Å²) in [6.45, 7) is 9.39. The van der Waals surface area contributed by atoms with Crippen molar-refractivity contribution in [1.82, 2.24) is 0 Å². The van der Waals surface area contributed by atoms with E-state index in [1.54, 1.807) is 0 Å². The fourth-order valence-electron chi connectivity index (χ4n) is 2.08. The fraction of sp³-hybridized carbons (Fsp3) is 0.529. The lowest BCUT2D eigenvalue weighted by molar-refractivity contribution is 0.271. The Bertz CT molecular complexity index is 412. The lowest BCUT2D eigenvalue weighted by Crippen LogP contribution is -2.05. The summed E-state index contributed by atoms with van der Waals surface area (Å²) in [5.74, 6) is 4.74. The third kappa shape index (κ3) is 4.11. The molecule has 1 atom stereocenters. The van der Waals surface area contributed by atoms with Crippen LogP contribution in [0.5, 0.6) is 5.75 Å². The SMILES string of the molecule is C#CCC(CC)c1ccc(OCC(C)C)cc1C. The minimum absolute atomic E-state index is 0.467. The van der Waals surface area contributed by atoms with Crippen molar-refractivity contribution in [2.24, 2.45) is 5.92 Å². The maximum atomic E-state index is 5.74. The van der Waals surface area contributed by atoms with Crippen LogP contribution in [-0.2, 0) is 0 Å². The van der Waals surface area contributed by atoms with Crippen LogP contribution in [0.25, 0.3) is 0 Å². The lowest BCUT2D eigenvalue weighted by Gasteiger charge is -2.17. The van der Waals surface area contributed by atoms with Crippen LogP contribution in [0.3, 0.4) is 0 Å². The molecule has 0 aliphatic rings. The zero-order chi connectivity index (χ0) is 13.5. The van der Waals surface area contributed by atoms with Crippen molar-refractivity contribution < 1.29 is 4.74 Å². The summed E-state index contributed by atoms with van der Waals surface area (Å²) >= 11 is 0. The largest absolute Gasteiger partial charge is 0.493 e. The standard InChI is InChI=1S/C17H24O/c1-6-8-15(7-2)17-10-9-16(11-14(17)5)18-12-13(3)4/h1,9-11,13,15H,7-8,12H2,2-5H3. The van der Waals surface area contributed by atoms with Gasteiger partial charge in [0.1, 0.15) is 5.75 Å². The predicted molar refractivity (Wildman–Crippen MR) is 78.0 cm³/mol. The highest BCUT2D eigenvalue weighted by atomic mass is 16.5. The van der Waals surface area contributed by atoms with Gasteiger partial charge in [-0.15, -0.1) is 12.3 Å². The van der Waals surface area contributed by atoms with E-state index in [4.69, 9.17) is 11.2 Å². The minimum Gasteiger partial charge on any atom is -0.493 e. The molecule has 1 unspecified atom stereocenters. The van der Waals surface area contributed by atoms with Crippen LogP contribution in [0.15, 0.2) is 18.2 Å². The molecule has 0 amide bonds. The van der Waals surface area contributed by atoms with Crippen molar-refractivity contribution in [2.75, 3.05) is 6.61 Å². The van der Waals surface area contributed by atoms with Crippen molar-refractivity contribution in [1.29, 1.82) is 0 Å². The summed E-state index contributed by atoms with van der Waals surface area (Å²) < 4.78 is 5.74. The Morgan fingerprint density at radius 3 is 2.56 bits per heavy atom. The average Bonchev–Trinajstić information content (AvgIpc) is 2.34. The van der Waals surface area contributed by atoms with Crippen LogP contribution in [-0.4, -0.2) is 6.61 Å². The molecule has 1 rings (SSSR count). The molecule has 0 N–H and O–H groups in total. The fourth-order valence-corrected chi connectivity index (χ4v) is 2.08. The number of benzene rings is 1. The Morgan fingerprint density at radius 1 is 1.33 bits per heavy atom. The molecule has 98 valence electrons. The number of hydrogen-bond donors (Lipinski definition) is 0. The maximum absolute atomic E-state index is 5.74. The second kappa shape index (κ2) is 7.11. The summed E-state index contributed by atoms with van der Waals surface area (Å²) in [6.07, 6.45) is 7.32. The molecule has 0 aliphatic heterocycles. The highest BCUT2D eigenvalue weighted by molar-refractivity contribution is 5.37. The lowest BCUT2D eigenvalue weighted by atomic mass is 9.90. The van der Waals surface area contributed by atoms with Crippen LogP contribution in [0.1, 0.15) is 50.7 Å². The molecule has 0 heterocycles. The van der Waals surface area contributed by atoms with Gasteiger partial charge in [0.05, 0.1) is 6.61 Å². The second-order valence-corrected chi connectivity index (χ2v) is 5.24. The van der Waals surface area contributed by atoms with Crippen LogP contribution in [0.2, 0.25) is 0 Å². The van der Waals surface area contributed by atoms with Gasteiger partial charge in [-0.05, 0) is 48.4 Å². The third-order valence-electron chi connectivity index (χ3n) is 3.12. The molecule has 18 heavy (non-hydrogen) atoms. The van der Waals surface area contributed by atoms with E-state index in [1.807, 2.05) is 0 Å². The highest BCUT2D eigenvalue weighted by Crippen LogP contribution is 2.28. The first-order valence-electron chi connectivity index (χ1n) is 6.75. The molecule has 0 spiro atoms. The molecule has 0 saturated carbocycles. The van der Waals surface area contributed by atoms with Gasteiger partial charge in [-0.3, -0.25) is 0 Å². The van der Waals surface area contributed by atoms with E-state index >= 15 is 0 Å². The Morgan fingerprint density at radius 2 is 2.06 bits per heavy atom. The normalized spacial score (nSPS) is 12.2. The summed E-state index contributed by atoms with van der Waals surface area (Å²) in [4.78, 5) is 0. The van der Waals surface area contributed by atoms with Crippen molar-refractivity contribution in [3.8, 4) is 18.1 Å². The van der Waals surface area contributed by atoms with Gasteiger partial charge in [0.2, 0.25) is 0 Å². The summed E-state index contributed by atoms with van der Waals surface area (Å²) in [7, 11) is 0. The van der Waals surface area contributed by atoms with Gasteiger partial charge in [0.25, 0.3) is 0 Å². The molecule has 0 bridgehead atoms. The van der Waals surface area contributed by atoms with Crippen LogP contribution in [0.4, 0.5) is 0 Å². The van der Waals surface area contributed by atoms with E-state index in [2.05, 4.69) is 51.8 Å². The monoisotopic (exact) mass is 244 g/mol. The molecule has 1 aromatic rings. The van der Waals surface area contributed by atoms with Crippen LogP contribution >= 0.6 is 0 Å². The molecule has 0 saturated heterocycles. The van der Waals surface area contributed by atoms with E-state index in [1.165, 1.54) is 11.1 Å². The molecule has 1 nitrogen and oxygen atoms in total. The molecule has 0 fully saturated rings. The van der Waals surface area contributed by atoms with E-state index in [0.29, 0.717) is 11.8 Å². The molecule has 0 radical (unpaired) electrons. The molecular formula is C17H24O. The first-order chi connectivity index (χ1) is 8.58. The highest BCUT2D eigenvalue weighted by Gasteiger charge is 2.11. The van der Waals surface area contributed by atoms with E-state index in [-0.39, 0.29) is 0 Å². The number of ether oxygens (including phenoxy) is 1. The molecule has 0 aromatic heterocycles. The summed E-state index contributed by atoms with van der Waals surface area (Å²) in [5.41, 5.74) is 2.63. The number of terminal acetylenes is 1. The Hall–Kier alpha value is -1.42. The van der Waals surface area contributed by atoms with Gasteiger partial charge < -0.3 is 4.74 Å². The number of aryl methyl sites for hydroxylation is 1. The van der Waals surface area contributed by atoms with Crippen LogP contribution < -0.4 is 4.74 Å². The molecule has 1 heteroatoms. The van der Waals surface area contributed by atoms with Crippen molar-refractivity contribution >= 4 is 0 Å². The van der Waals surface area contributed by atoms with E-state index in [9.17, 15) is 0 Å². The molecule has 1 aromatic carbocycles. The van der Waals surface area contributed by atoms with Gasteiger partial charge in [-0.1, -0.05) is 26.8 Å². The third-order valence-corrected chi connectivity index (χ3v) is 3.12. The van der Waals surface area contributed by atoms with Gasteiger partial charge in [0.15, 0.2) is 0 Å². The summed E-state index contributed by atoms with van der Waals surface area (Å²) in [5, 5.41) is 0. The second-order valence-electron chi connectivity index (χ2n) is 5.24. The number of hydrogen-bond acceptors (Lipinski definition) is 1. The van der Waals surface area contributed by atoms with E-state index in [0.717, 1.165) is 25.2 Å². The summed E-state index contributed by atoms with van der Waals surface area (Å²) in [6, 6.07) is 6.34. The van der Waals surface area contributed by atoms with Crippen molar-refractivity contribution in [3.63, 3.8) is 0 Å². The number of rotatable bonds is 6. The zero-order valence-corrected chi connectivity index (χ0v) is 12.0. The average molecular weight is 244 g/mol. The Balaban J connectivity index is 2.82. The van der Waals surface area contributed by atoms with Crippen molar-refractivity contribution in [3.05, 3.63) is 29.3 Å². The van der Waals surface area contributed by atoms with E-state index < -0.39 is 0 Å². The quantitative estimate of drug-likeness (QED) is 0.667. The topological polar surface area (TPSA) is 9.23 Å². The minimum atomic E-state index is 0.467. The first kappa shape index (κ1) is 14.6. The van der Waals surface area contributed by atoms with Crippen molar-refractivity contribution in [2.45, 2.75) is 46.5 Å². The van der Waals surface area contributed by atoms with Gasteiger partial charge in [-0.2, -0.15) is 0 Å². The van der Waals surface area contributed by atoms with Gasteiger partial charge in [0, 0.05) is 6.42 Å². The van der Waals surface area contributed by atoms with Gasteiger partial charge in [-0.25, -0.2) is 0 Å². The predicted octanol–water partition coefficient (Wildman–Crippen LogP) is 4.55. The molecular weight excluding hydrogens is 220 g/mol. The Kier molecular flexibility index (Phi) is 5.78. The smallest absolute Gasteiger partial charge is 0.119 e.